The molecule has 15 heteroatoms. The van der Waals surface area contributed by atoms with Gasteiger partial charge < -0.3 is 19.5 Å². The van der Waals surface area contributed by atoms with Gasteiger partial charge in [-0.2, -0.15) is 13.2 Å². The summed E-state index contributed by atoms with van der Waals surface area (Å²) in [5.74, 6) is 0.539. The molecule has 0 spiro atoms. The maximum Gasteiger partial charge on any atom is 0.406 e. The zero-order valence-electron chi connectivity index (χ0n) is 27.0. The molecular formula is C34H35Cl2F3N6O4. The Morgan fingerprint density at radius 3 is 1.96 bits per heavy atom. The zero-order chi connectivity index (χ0) is 35.1. The average molecular weight is 720 g/mol. The fraction of sp³-hybridized carbons (Fsp3) is 0.382. The van der Waals surface area contributed by atoms with Crippen molar-refractivity contribution in [3.63, 3.8) is 0 Å². The third-order valence-corrected chi connectivity index (χ3v) is 8.96. The second kappa shape index (κ2) is 16.1. The molecule has 1 saturated heterocycles. The first kappa shape index (κ1) is 36.2. The predicted molar refractivity (Wildman–Crippen MR) is 180 cm³/mol. The summed E-state index contributed by atoms with van der Waals surface area (Å²) < 4.78 is 55.7. The lowest BCUT2D eigenvalue weighted by molar-refractivity contribution is -0.166. The normalized spacial score (nSPS) is 15.3. The van der Waals surface area contributed by atoms with Crippen molar-refractivity contribution in [1.29, 1.82) is 0 Å². The summed E-state index contributed by atoms with van der Waals surface area (Å²) in [4.78, 5) is 29.7. The van der Waals surface area contributed by atoms with E-state index < -0.39 is 18.8 Å². The van der Waals surface area contributed by atoms with E-state index in [9.17, 15) is 18.0 Å². The first-order valence-corrected chi connectivity index (χ1v) is 16.3. The number of ether oxygens (including phenoxy) is 3. The van der Waals surface area contributed by atoms with Crippen molar-refractivity contribution in [3.05, 3.63) is 70.2 Å². The lowest BCUT2D eigenvalue weighted by Gasteiger charge is -2.21. The minimum atomic E-state index is -4.51. The number of aromatic nitrogens is 4. The van der Waals surface area contributed by atoms with E-state index in [0.717, 1.165) is 19.3 Å². The topological polar surface area (TPSA) is 120 Å². The highest BCUT2D eigenvalue weighted by molar-refractivity contribution is 6.39. The molecule has 1 aliphatic heterocycles. The maximum absolute atomic E-state index is 13.3. The van der Waals surface area contributed by atoms with Gasteiger partial charge in [0, 0.05) is 48.4 Å². The molecule has 0 saturated carbocycles. The fourth-order valence-electron chi connectivity index (χ4n) is 5.61. The van der Waals surface area contributed by atoms with Crippen LogP contribution in [-0.2, 0) is 22.5 Å². The minimum absolute atomic E-state index is 0.0473. The number of amides is 1. The van der Waals surface area contributed by atoms with E-state index in [0.29, 0.717) is 68.1 Å². The van der Waals surface area contributed by atoms with E-state index in [4.69, 9.17) is 42.4 Å². The molecule has 1 fully saturated rings. The van der Waals surface area contributed by atoms with Crippen LogP contribution in [0.3, 0.4) is 0 Å². The van der Waals surface area contributed by atoms with Gasteiger partial charge in [0.15, 0.2) is 0 Å². The molecule has 0 aliphatic carbocycles. The Bertz CT molecular complexity index is 1800. The molecule has 2 atom stereocenters. The summed E-state index contributed by atoms with van der Waals surface area (Å²) in [5.41, 5.74) is 4.15. The smallest absolute Gasteiger partial charge is 0.406 e. The van der Waals surface area contributed by atoms with Gasteiger partial charge >= 0.3 is 6.18 Å². The highest BCUT2D eigenvalue weighted by atomic mass is 35.5. The van der Waals surface area contributed by atoms with Crippen LogP contribution in [0.15, 0.2) is 48.8 Å². The number of alkyl halides is 3. The summed E-state index contributed by atoms with van der Waals surface area (Å²) in [5, 5.41) is 6.11. The Hall–Kier alpha value is -4.04. The van der Waals surface area contributed by atoms with Crippen molar-refractivity contribution in [1.82, 2.24) is 30.6 Å². The van der Waals surface area contributed by atoms with Crippen LogP contribution < -0.4 is 20.1 Å². The number of nitrogens with one attached hydrogen (secondary N) is 2. The van der Waals surface area contributed by atoms with E-state index in [1.165, 1.54) is 20.4 Å². The Balaban J connectivity index is 1.38. The number of carbonyl (C=O) groups excluding carboxylic acids is 1. The van der Waals surface area contributed by atoms with E-state index in [1.54, 1.807) is 25.4 Å². The van der Waals surface area contributed by atoms with Gasteiger partial charge in [-0.3, -0.25) is 20.1 Å². The van der Waals surface area contributed by atoms with Gasteiger partial charge in [0.1, 0.15) is 17.4 Å². The average Bonchev–Trinajstić information content (AvgIpc) is 3.51. The second-order valence-corrected chi connectivity index (χ2v) is 12.1. The van der Waals surface area contributed by atoms with Gasteiger partial charge in [-0.05, 0) is 25.7 Å². The number of rotatable bonds is 14. The minimum Gasteiger partial charge on any atom is -0.480 e. The summed E-state index contributed by atoms with van der Waals surface area (Å²) in [6.45, 7) is -0.812. The highest BCUT2D eigenvalue weighted by Gasteiger charge is 2.39. The van der Waals surface area contributed by atoms with Crippen molar-refractivity contribution in [2.24, 2.45) is 0 Å². The molecule has 49 heavy (non-hydrogen) atoms. The Morgan fingerprint density at radius 1 is 0.898 bits per heavy atom. The SMILES string of the molecule is COCC(NCc1ncc(-c2cccc(-c3cccc(-c4cnc(CCC[C@@H]5CCC(=O)N5)c(OC)n4)c3Cl)c2Cl)nc1OC)C(F)(F)F. The van der Waals surface area contributed by atoms with Crippen LogP contribution in [0.2, 0.25) is 10.0 Å². The summed E-state index contributed by atoms with van der Waals surface area (Å²) >= 11 is 13.9. The summed E-state index contributed by atoms with van der Waals surface area (Å²) in [6, 6.07) is 9.14. The Morgan fingerprint density at radius 2 is 1.45 bits per heavy atom. The largest absolute Gasteiger partial charge is 0.480 e. The van der Waals surface area contributed by atoms with Gasteiger partial charge in [0.25, 0.3) is 0 Å². The standard InChI is InChI=1S/C34H35Cl2F3N6O4/c1-47-18-28(34(37,38)39)42-17-27-33(49-3)45-26(16-41-27)23-11-6-9-21(31(23)36)20-8-5-10-22(30(20)35)25-15-40-24(32(44-25)48-2)12-4-7-19-13-14-29(46)43-19/h5-6,8-11,15-16,19,28,42H,4,7,12-14,17-18H2,1-3H3,(H,43,46)/t19-,28?/m1/s1. The summed E-state index contributed by atoms with van der Waals surface area (Å²) in [7, 11) is 4.10. The second-order valence-electron chi connectivity index (χ2n) is 11.4. The number of benzene rings is 2. The van der Waals surface area contributed by atoms with Crippen LogP contribution >= 0.6 is 23.2 Å². The fourth-order valence-corrected chi connectivity index (χ4v) is 6.26. The van der Waals surface area contributed by atoms with Gasteiger partial charge in [-0.1, -0.05) is 59.6 Å². The molecule has 10 nitrogen and oxygen atoms in total. The predicted octanol–water partition coefficient (Wildman–Crippen LogP) is 6.86. The molecule has 0 radical (unpaired) electrons. The molecule has 0 bridgehead atoms. The van der Waals surface area contributed by atoms with Crippen molar-refractivity contribution in [2.75, 3.05) is 27.9 Å². The van der Waals surface area contributed by atoms with Gasteiger partial charge in [-0.15, -0.1) is 0 Å². The van der Waals surface area contributed by atoms with E-state index in [2.05, 4.69) is 25.6 Å². The van der Waals surface area contributed by atoms with Crippen LogP contribution in [-0.4, -0.2) is 72.0 Å². The number of hydrogen-bond acceptors (Lipinski definition) is 9. The van der Waals surface area contributed by atoms with Gasteiger partial charge in [0.2, 0.25) is 17.7 Å². The molecule has 2 N–H and O–H groups in total. The molecule has 1 aliphatic rings. The number of carbonyl (C=O) groups is 1. The monoisotopic (exact) mass is 718 g/mol. The van der Waals surface area contributed by atoms with Crippen LogP contribution in [0.25, 0.3) is 33.6 Å². The third-order valence-electron chi connectivity index (χ3n) is 8.14. The number of methoxy groups -OCH3 is 3. The lowest BCUT2D eigenvalue weighted by atomic mass is 9.98. The van der Waals surface area contributed by atoms with Gasteiger partial charge in [-0.25, -0.2) is 9.97 Å². The van der Waals surface area contributed by atoms with Gasteiger partial charge in [0.05, 0.1) is 54.7 Å². The molecule has 260 valence electrons. The first-order chi connectivity index (χ1) is 23.5. The van der Waals surface area contributed by atoms with Crippen molar-refractivity contribution >= 4 is 29.1 Å². The molecule has 2 aromatic heterocycles. The molecular weight excluding hydrogens is 684 g/mol. The third kappa shape index (κ3) is 8.58. The molecule has 1 amide bonds. The Kier molecular flexibility index (Phi) is 11.9. The lowest BCUT2D eigenvalue weighted by Crippen LogP contribution is -2.45. The summed E-state index contributed by atoms with van der Waals surface area (Å²) in [6.07, 6.45) is 2.30. The molecule has 4 aromatic rings. The van der Waals surface area contributed by atoms with Crippen molar-refractivity contribution in [3.8, 4) is 45.4 Å². The number of nitrogens with zero attached hydrogens (tertiary/aromatic N) is 4. The molecule has 2 aromatic carbocycles. The van der Waals surface area contributed by atoms with E-state index in [-0.39, 0.29) is 30.1 Å². The molecule has 3 heterocycles. The number of halogens is 5. The first-order valence-electron chi connectivity index (χ1n) is 15.5. The maximum atomic E-state index is 13.3. The van der Waals surface area contributed by atoms with Crippen molar-refractivity contribution < 1.29 is 32.2 Å². The highest BCUT2D eigenvalue weighted by Crippen LogP contribution is 2.42. The quantitative estimate of drug-likeness (QED) is 0.144. The molecule has 1 unspecified atom stereocenters. The van der Waals surface area contributed by atoms with E-state index >= 15 is 0 Å². The Labute approximate surface area is 291 Å². The van der Waals surface area contributed by atoms with Crippen molar-refractivity contribution in [2.45, 2.75) is 56.9 Å². The van der Waals surface area contributed by atoms with Crippen LogP contribution in [0.4, 0.5) is 13.2 Å². The number of aryl methyl sites for hydroxylation is 1. The number of hydrogen-bond donors (Lipinski definition) is 2. The molecule has 5 rings (SSSR count). The van der Waals surface area contributed by atoms with Crippen LogP contribution in [0, 0.1) is 0 Å². The zero-order valence-corrected chi connectivity index (χ0v) is 28.5. The van der Waals surface area contributed by atoms with Crippen LogP contribution in [0.5, 0.6) is 11.8 Å². The van der Waals surface area contributed by atoms with Crippen LogP contribution in [0.1, 0.15) is 37.1 Å². The van der Waals surface area contributed by atoms with E-state index in [1.807, 2.05) is 24.3 Å².